The molecule has 4 N–H and O–H groups in total. The Bertz CT molecular complexity index is 1240. The van der Waals surface area contributed by atoms with Crippen molar-refractivity contribution in [1.82, 2.24) is 9.97 Å². The van der Waals surface area contributed by atoms with Crippen molar-refractivity contribution in [2.24, 2.45) is 5.92 Å². The number of nitrogens with one attached hydrogen (secondary N) is 3. The molecule has 0 aliphatic carbocycles. The molecule has 1 amide bonds. The molecule has 1 fully saturated rings. The molecule has 4 heterocycles. The molecule has 0 atom stereocenters. The number of aliphatic hydroxyl groups excluding tert-OH is 1. The van der Waals surface area contributed by atoms with E-state index in [0.717, 1.165) is 51.6 Å². The fourth-order valence-electron chi connectivity index (χ4n) is 4.64. The van der Waals surface area contributed by atoms with Crippen molar-refractivity contribution >= 4 is 38.9 Å². The van der Waals surface area contributed by atoms with E-state index in [0.29, 0.717) is 35.2 Å². The number of nitriles is 1. The molecule has 36 heavy (non-hydrogen) atoms. The number of aliphatic hydroxyl groups is 1. The van der Waals surface area contributed by atoms with Gasteiger partial charge in [-0.05, 0) is 43.4 Å². The van der Waals surface area contributed by atoms with Gasteiger partial charge in [0, 0.05) is 19.6 Å². The van der Waals surface area contributed by atoms with Crippen LogP contribution in [0.5, 0.6) is 0 Å². The second-order valence-electron chi connectivity index (χ2n) is 9.10. The summed E-state index contributed by atoms with van der Waals surface area (Å²) in [5, 5.41) is 24.4. The highest BCUT2D eigenvalue weighted by Gasteiger charge is 2.24. The van der Waals surface area contributed by atoms with Gasteiger partial charge in [-0.1, -0.05) is 19.3 Å². The number of benzene rings is 1. The third-order valence-corrected chi connectivity index (χ3v) is 7.80. The first kappa shape index (κ1) is 25.7. The molecule has 4 bridgehead atoms. The Morgan fingerprint density at radius 1 is 1.19 bits per heavy atom. The molecule has 3 aliphatic rings. The van der Waals surface area contributed by atoms with Gasteiger partial charge in [-0.3, -0.25) is 9.52 Å². The topological polar surface area (TPSA) is 160 Å². The first-order chi connectivity index (χ1) is 17.4. The maximum Gasteiger partial charge on any atom is 0.258 e. The highest BCUT2D eigenvalue weighted by atomic mass is 32.2. The Morgan fingerprint density at radius 3 is 2.75 bits per heavy atom. The summed E-state index contributed by atoms with van der Waals surface area (Å²) >= 11 is 0. The highest BCUT2D eigenvalue weighted by Crippen LogP contribution is 2.32. The summed E-state index contributed by atoms with van der Waals surface area (Å²) in [6.07, 6.45) is 7.62. The fourth-order valence-corrected chi connectivity index (χ4v) is 5.47. The molecule has 5 rings (SSSR count). The number of rotatable bonds is 4. The van der Waals surface area contributed by atoms with Crippen LogP contribution in [0, 0.1) is 17.2 Å². The van der Waals surface area contributed by atoms with Crippen molar-refractivity contribution in [1.29, 1.82) is 5.26 Å². The van der Waals surface area contributed by atoms with E-state index >= 15 is 0 Å². The number of carbonyl (C=O) groups is 1. The van der Waals surface area contributed by atoms with Gasteiger partial charge in [0.2, 0.25) is 10.0 Å². The number of piperidine rings is 1. The monoisotopic (exact) mass is 513 g/mol. The fraction of sp³-hybridized carbons (Fsp3) is 0.500. The molecular weight excluding hydrogens is 482 g/mol. The van der Waals surface area contributed by atoms with Gasteiger partial charge < -0.3 is 20.6 Å². The summed E-state index contributed by atoms with van der Waals surface area (Å²) in [6.45, 7) is 1.70. The zero-order valence-electron chi connectivity index (χ0n) is 20.0. The zero-order valence-corrected chi connectivity index (χ0v) is 20.9. The minimum atomic E-state index is -3.71. The molecule has 11 nitrogen and oxygen atoms in total. The van der Waals surface area contributed by atoms with Gasteiger partial charge >= 0.3 is 0 Å². The minimum absolute atomic E-state index is 0.162. The van der Waals surface area contributed by atoms with E-state index in [1.54, 1.807) is 12.1 Å². The van der Waals surface area contributed by atoms with Crippen molar-refractivity contribution in [3.05, 3.63) is 35.7 Å². The molecule has 3 aliphatic heterocycles. The molecule has 0 saturated carbocycles. The molecule has 12 heteroatoms. The van der Waals surface area contributed by atoms with Gasteiger partial charge in [0.1, 0.15) is 6.07 Å². The molecule has 2 aromatic rings. The number of hydrogen-bond acceptors (Lipinski definition) is 9. The first-order valence-corrected chi connectivity index (χ1v) is 13.9. The number of carbonyl (C=O) groups excluding carboxylic acids is 1. The second kappa shape index (κ2) is 11.5. The lowest BCUT2D eigenvalue weighted by Crippen LogP contribution is -2.35. The summed E-state index contributed by atoms with van der Waals surface area (Å²) in [5.74, 6) is 0.329. The SMILES string of the molecule is N#Cc1ncc2nc1NCCCCCC1CCN(CC1)c1cc(NS(=O)(=O)CCO)ccc1C(=O)N2. The van der Waals surface area contributed by atoms with E-state index in [2.05, 4.69) is 30.2 Å². The van der Waals surface area contributed by atoms with Crippen LogP contribution in [0.15, 0.2) is 24.4 Å². The molecule has 0 spiro atoms. The molecule has 192 valence electrons. The van der Waals surface area contributed by atoms with E-state index in [4.69, 9.17) is 5.11 Å². The van der Waals surface area contributed by atoms with Crippen LogP contribution >= 0.6 is 0 Å². The number of amides is 1. The van der Waals surface area contributed by atoms with Crippen molar-refractivity contribution < 1.29 is 18.3 Å². The largest absolute Gasteiger partial charge is 0.395 e. The van der Waals surface area contributed by atoms with Crippen LogP contribution in [0.25, 0.3) is 0 Å². The maximum atomic E-state index is 13.3. The Kier molecular flexibility index (Phi) is 8.22. The number of anilines is 4. The zero-order chi connectivity index (χ0) is 25.5. The summed E-state index contributed by atoms with van der Waals surface area (Å²) < 4.78 is 26.9. The first-order valence-electron chi connectivity index (χ1n) is 12.2. The summed E-state index contributed by atoms with van der Waals surface area (Å²) in [5.41, 5.74) is 1.49. The molecule has 1 aromatic carbocycles. The van der Waals surface area contributed by atoms with Crippen LogP contribution in [0.4, 0.5) is 23.0 Å². The quantitative estimate of drug-likeness (QED) is 0.481. The van der Waals surface area contributed by atoms with Gasteiger partial charge in [0.05, 0.1) is 35.5 Å². The van der Waals surface area contributed by atoms with Gasteiger partial charge in [0.25, 0.3) is 5.91 Å². The Hall–Kier alpha value is -3.43. The number of sulfonamides is 1. The maximum absolute atomic E-state index is 13.3. The van der Waals surface area contributed by atoms with Gasteiger partial charge in [-0.15, -0.1) is 0 Å². The Morgan fingerprint density at radius 2 is 2.00 bits per heavy atom. The molecule has 0 unspecified atom stereocenters. The number of fused-ring (bicyclic) bond motifs is 8. The van der Waals surface area contributed by atoms with E-state index in [-0.39, 0.29) is 11.5 Å². The van der Waals surface area contributed by atoms with Gasteiger partial charge in [-0.2, -0.15) is 5.26 Å². The normalized spacial score (nSPS) is 17.3. The standard InChI is InChI=1S/C24H31N7O4S/c25-15-20-23-26-9-3-1-2-4-17-7-10-31(11-8-17)21-14-18(30-36(34,35)13-12-32)5-6-19(21)24(33)29-22(28-23)16-27-20/h5-6,14,16-17,30,32H,1-4,7-13H2,(H2,26,28,29,33). The predicted molar refractivity (Wildman–Crippen MR) is 138 cm³/mol. The predicted octanol–water partition coefficient (Wildman–Crippen LogP) is 2.54. The minimum Gasteiger partial charge on any atom is -0.395 e. The Balaban J connectivity index is 1.68. The van der Waals surface area contributed by atoms with Crippen molar-refractivity contribution in [3.63, 3.8) is 0 Å². The third-order valence-electron chi connectivity index (χ3n) is 6.53. The van der Waals surface area contributed by atoms with E-state index in [9.17, 15) is 18.5 Å². The molecule has 1 aromatic heterocycles. The summed E-state index contributed by atoms with van der Waals surface area (Å²) in [6, 6.07) is 6.79. The number of aromatic nitrogens is 2. The number of hydrogen-bond donors (Lipinski definition) is 4. The van der Waals surface area contributed by atoms with E-state index in [1.165, 1.54) is 12.3 Å². The summed E-state index contributed by atoms with van der Waals surface area (Å²) in [4.78, 5) is 24.0. The average Bonchev–Trinajstić information content (AvgIpc) is 2.86. The van der Waals surface area contributed by atoms with E-state index < -0.39 is 28.3 Å². The van der Waals surface area contributed by atoms with Crippen LogP contribution in [0.1, 0.15) is 54.6 Å². The Labute approximate surface area is 211 Å². The lowest BCUT2D eigenvalue weighted by molar-refractivity contribution is 0.102. The van der Waals surface area contributed by atoms with E-state index in [1.807, 2.05) is 6.07 Å². The smallest absolute Gasteiger partial charge is 0.258 e. The molecule has 0 radical (unpaired) electrons. The second-order valence-corrected chi connectivity index (χ2v) is 10.9. The van der Waals surface area contributed by atoms with Crippen molar-refractivity contribution in [3.8, 4) is 6.07 Å². The summed E-state index contributed by atoms with van der Waals surface area (Å²) in [7, 11) is -3.71. The molecule has 1 saturated heterocycles. The van der Waals surface area contributed by atoms with Crippen molar-refractivity contribution in [2.45, 2.75) is 38.5 Å². The lowest BCUT2D eigenvalue weighted by atomic mass is 9.90. The average molecular weight is 514 g/mol. The number of nitrogens with zero attached hydrogens (tertiary/aromatic N) is 4. The van der Waals surface area contributed by atoms with Crippen molar-refractivity contribution in [2.75, 3.05) is 52.2 Å². The lowest BCUT2D eigenvalue weighted by Gasteiger charge is -2.35. The van der Waals surface area contributed by atoms with Crippen LogP contribution < -0.4 is 20.3 Å². The highest BCUT2D eigenvalue weighted by molar-refractivity contribution is 7.92. The third kappa shape index (κ3) is 6.41. The molecular formula is C24H31N7O4S. The van der Waals surface area contributed by atoms with Gasteiger partial charge in [0.15, 0.2) is 17.3 Å². The van der Waals surface area contributed by atoms with Crippen LogP contribution in [-0.4, -0.2) is 61.4 Å². The van der Waals surface area contributed by atoms with Gasteiger partial charge in [-0.25, -0.2) is 18.4 Å². The van der Waals surface area contributed by atoms with Crippen LogP contribution in [0.3, 0.4) is 0 Å². The van der Waals surface area contributed by atoms with Crippen LogP contribution in [0.2, 0.25) is 0 Å². The van der Waals surface area contributed by atoms with Crippen LogP contribution in [-0.2, 0) is 10.0 Å².